The van der Waals surface area contributed by atoms with Gasteiger partial charge in [-0.2, -0.15) is 18.2 Å². The van der Waals surface area contributed by atoms with Gasteiger partial charge < -0.3 is 14.6 Å². The van der Waals surface area contributed by atoms with Crippen LogP contribution in [0.1, 0.15) is 57.7 Å². The van der Waals surface area contributed by atoms with Gasteiger partial charge >= 0.3 is 6.18 Å². The van der Waals surface area contributed by atoms with Crippen molar-refractivity contribution in [3.05, 3.63) is 152 Å². The third-order valence-corrected chi connectivity index (χ3v) is 14.0. The van der Waals surface area contributed by atoms with Crippen LogP contribution in [-0.4, -0.2) is 52.9 Å². The van der Waals surface area contributed by atoms with E-state index in [9.17, 15) is 27.9 Å². The van der Waals surface area contributed by atoms with Crippen molar-refractivity contribution in [3.8, 4) is 17.2 Å². The fourth-order valence-electron chi connectivity index (χ4n) is 10.5. The number of allylic oxidation sites excluding steroid dienone is 2. The molecule has 338 valence electrons. The van der Waals surface area contributed by atoms with Crippen molar-refractivity contribution in [2.75, 3.05) is 24.5 Å². The topological polar surface area (TPSA) is 138 Å². The van der Waals surface area contributed by atoms with Gasteiger partial charge in [-0.05, 0) is 109 Å². The molecule has 6 atom stereocenters. The van der Waals surface area contributed by atoms with Crippen molar-refractivity contribution < 1.29 is 46.9 Å². The minimum Gasteiger partial charge on any atom is -0.507 e. The van der Waals surface area contributed by atoms with E-state index < -0.39 is 75.4 Å². The predicted octanol–water partition coefficient (Wildman–Crippen LogP) is 10.1. The van der Waals surface area contributed by atoms with E-state index in [1.54, 1.807) is 101 Å². The van der Waals surface area contributed by atoms with Gasteiger partial charge in [-0.1, -0.05) is 83.4 Å². The Morgan fingerprint density at radius 2 is 1.55 bits per heavy atom. The van der Waals surface area contributed by atoms with Crippen LogP contribution < -0.4 is 19.8 Å². The number of hydrazine groups is 1. The molecule has 9 rings (SSSR count). The summed E-state index contributed by atoms with van der Waals surface area (Å²) in [6.45, 7) is 3.43. The summed E-state index contributed by atoms with van der Waals surface area (Å²) in [6, 6.07) is 23.1. The van der Waals surface area contributed by atoms with E-state index in [-0.39, 0.29) is 24.4 Å². The molecule has 4 amide bonds. The maximum atomic E-state index is 15.5. The number of methoxy groups -OCH3 is 2. The molecule has 2 aliphatic carbocycles. The number of aryl methyl sites for hydroxylation is 2. The van der Waals surface area contributed by atoms with Crippen LogP contribution in [-0.2, 0) is 30.8 Å². The lowest BCUT2D eigenvalue weighted by Crippen LogP contribution is -2.53. The Labute approximate surface area is 387 Å². The van der Waals surface area contributed by atoms with Gasteiger partial charge in [-0.25, -0.2) is 4.98 Å². The number of benzene rings is 4. The zero-order valence-corrected chi connectivity index (χ0v) is 37.3. The highest BCUT2D eigenvalue weighted by Crippen LogP contribution is 2.64. The van der Waals surface area contributed by atoms with Crippen LogP contribution in [0.25, 0.3) is 12.2 Å². The van der Waals surface area contributed by atoms with Gasteiger partial charge in [-0.15, -0.1) is 0 Å². The van der Waals surface area contributed by atoms with E-state index in [1.165, 1.54) is 4.90 Å². The number of carbonyl (C=O) groups excluding carboxylic acids is 4. The average Bonchev–Trinajstić information content (AvgIpc) is 3.68. The highest BCUT2D eigenvalue weighted by Gasteiger charge is 2.70. The number of nitrogens with zero attached hydrogens (tertiary/aromatic N) is 3. The standard InChI is InChI=1S/C50H41Cl2F3N4O7/c1-25-19-29(20-26(2)43(25)60)42-35-16-17-36-41(47(63)58(45(36)61)33-13-6-27(7-14-33)5-8-28-21-34(65-3)15-18-40(28)66-4)37(35)23-38-46(62)59(48(64)49(38,42)30-9-11-32(51)12-10-30)57-44-39(52)22-31(24-56-44)50(53,54)55/h5-16,18-22,24,36-38,41-42,60H,17,23H2,1-4H3,(H,56,57)/t36-,37+,38-,41-,42-,49+/m0/s1. The Hall–Kier alpha value is -6.64. The van der Waals surface area contributed by atoms with Crippen LogP contribution in [0.15, 0.2) is 103 Å². The Kier molecular flexibility index (Phi) is 11.2. The number of anilines is 2. The third kappa shape index (κ3) is 7.17. The first-order valence-corrected chi connectivity index (χ1v) is 21.7. The molecule has 1 saturated carbocycles. The zero-order chi connectivity index (χ0) is 47.0. The molecule has 11 nitrogen and oxygen atoms in total. The maximum absolute atomic E-state index is 15.5. The number of phenols is 1. The number of amides is 4. The zero-order valence-electron chi connectivity index (χ0n) is 35.8. The second-order valence-corrected chi connectivity index (χ2v) is 17.8. The van der Waals surface area contributed by atoms with Crippen molar-refractivity contribution in [2.45, 2.75) is 44.2 Å². The Balaban J connectivity index is 1.13. The summed E-state index contributed by atoms with van der Waals surface area (Å²) in [4.78, 5) is 65.0. The summed E-state index contributed by atoms with van der Waals surface area (Å²) in [5, 5.41) is 11.6. The van der Waals surface area contributed by atoms with Gasteiger partial charge in [0.25, 0.3) is 11.8 Å². The molecule has 0 spiro atoms. The van der Waals surface area contributed by atoms with E-state index in [4.69, 9.17) is 32.7 Å². The van der Waals surface area contributed by atoms with Gasteiger partial charge in [0.2, 0.25) is 11.8 Å². The molecule has 0 unspecified atom stereocenters. The van der Waals surface area contributed by atoms with Crippen molar-refractivity contribution >= 4 is 70.5 Å². The minimum absolute atomic E-state index is 0.0368. The number of fused-ring (bicyclic) bond motifs is 4. The number of halogens is 5. The van der Waals surface area contributed by atoms with Crippen LogP contribution >= 0.6 is 23.2 Å². The summed E-state index contributed by atoms with van der Waals surface area (Å²) < 4.78 is 51.7. The van der Waals surface area contributed by atoms with E-state index >= 15 is 9.59 Å². The summed E-state index contributed by atoms with van der Waals surface area (Å²) in [5.41, 5.74) is 4.35. The quantitative estimate of drug-likeness (QED) is 0.0840. The molecule has 3 heterocycles. The summed E-state index contributed by atoms with van der Waals surface area (Å²) in [6.07, 6.45) is 1.52. The number of pyridine rings is 1. The fourth-order valence-corrected chi connectivity index (χ4v) is 10.8. The summed E-state index contributed by atoms with van der Waals surface area (Å²) >= 11 is 12.7. The van der Waals surface area contributed by atoms with Crippen molar-refractivity contribution in [1.29, 1.82) is 0 Å². The highest BCUT2D eigenvalue weighted by atomic mass is 35.5. The molecule has 4 aromatic carbocycles. The molecule has 4 aliphatic rings. The number of alkyl halides is 3. The number of rotatable bonds is 9. The van der Waals surface area contributed by atoms with Gasteiger partial charge in [0.05, 0.1) is 53.7 Å². The highest BCUT2D eigenvalue weighted by molar-refractivity contribution is 6.33. The number of carbonyl (C=O) groups is 4. The van der Waals surface area contributed by atoms with Gasteiger partial charge in [0.1, 0.15) is 17.2 Å². The van der Waals surface area contributed by atoms with Gasteiger partial charge in [-0.3, -0.25) is 29.5 Å². The lowest BCUT2D eigenvalue weighted by molar-refractivity contribution is -0.139. The molecule has 0 radical (unpaired) electrons. The smallest absolute Gasteiger partial charge is 0.417 e. The molecular formula is C50H41Cl2F3N4O7. The van der Waals surface area contributed by atoms with E-state index in [0.717, 1.165) is 16.1 Å². The number of nitrogens with one attached hydrogen (secondary N) is 1. The molecule has 2 saturated heterocycles. The molecular weight excluding hydrogens is 896 g/mol. The van der Waals surface area contributed by atoms with Crippen molar-refractivity contribution in [1.82, 2.24) is 9.99 Å². The SMILES string of the molecule is COc1ccc(OC)c(C=Cc2ccc(N3C(=O)[C@H]4[C@H](CC=C5[C@H]4C[C@H]4C(=O)N(Nc6ncc(C(F)(F)F)cc6Cl)C(=O)[C@@]4(c4ccc(Cl)cc4)[C@H]5c4cc(C)c(O)c(C)c4)C3=O)cc2)c1. The number of aromatic nitrogens is 1. The first kappa shape index (κ1) is 44.6. The van der Waals surface area contributed by atoms with Crippen LogP contribution in [0.3, 0.4) is 0 Å². The summed E-state index contributed by atoms with van der Waals surface area (Å²) in [5.74, 6) is -5.94. The molecule has 0 bridgehead atoms. The number of hydrogen-bond donors (Lipinski definition) is 2. The van der Waals surface area contributed by atoms with Crippen LogP contribution in [0.2, 0.25) is 10.0 Å². The molecule has 2 N–H and O–H groups in total. The minimum atomic E-state index is -4.76. The number of hydrogen-bond acceptors (Lipinski definition) is 9. The molecule has 3 fully saturated rings. The Morgan fingerprint density at radius 1 is 0.848 bits per heavy atom. The van der Waals surface area contributed by atoms with E-state index in [1.807, 2.05) is 24.3 Å². The van der Waals surface area contributed by atoms with Crippen molar-refractivity contribution in [2.24, 2.45) is 23.7 Å². The third-order valence-electron chi connectivity index (χ3n) is 13.4. The fraction of sp³-hybridized carbons (Fsp3) is 0.260. The lowest BCUT2D eigenvalue weighted by Gasteiger charge is -2.50. The second-order valence-electron chi connectivity index (χ2n) is 17.0. The van der Waals surface area contributed by atoms with Gasteiger partial charge in [0.15, 0.2) is 5.82 Å². The van der Waals surface area contributed by atoms with Crippen LogP contribution in [0.4, 0.5) is 24.7 Å². The number of ether oxygens (including phenoxy) is 2. The first-order valence-electron chi connectivity index (χ1n) is 21.0. The Morgan fingerprint density at radius 3 is 2.18 bits per heavy atom. The van der Waals surface area contributed by atoms with Gasteiger partial charge in [0, 0.05) is 22.7 Å². The molecule has 16 heteroatoms. The Bertz CT molecular complexity index is 2880. The normalized spacial score (nSPS) is 23.8. The molecule has 66 heavy (non-hydrogen) atoms. The first-order chi connectivity index (χ1) is 31.5. The largest absolute Gasteiger partial charge is 0.507 e. The number of phenolic OH excluding ortho intramolecular Hbond substituents is 1. The lowest BCUT2D eigenvalue weighted by atomic mass is 9.49. The molecule has 2 aliphatic heterocycles. The number of aromatic hydroxyl groups is 1. The molecule has 1 aromatic heterocycles. The summed E-state index contributed by atoms with van der Waals surface area (Å²) in [7, 11) is 3.15. The van der Waals surface area contributed by atoms with Crippen LogP contribution in [0.5, 0.6) is 17.2 Å². The second kappa shape index (κ2) is 16.7. The molecule has 5 aromatic rings. The monoisotopic (exact) mass is 936 g/mol. The maximum Gasteiger partial charge on any atom is 0.417 e. The van der Waals surface area contributed by atoms with Crippen LogP contribution in [0, 0.1) is 37.5 Å². The van der Waals surface area contributed by atoms with E-state index in [2.05, 4.69) is 10.4 Å². The average molecular weight is 938 g/mol. The number of imide groups is 2. The van der Waals surface area contributed by atoms with Crippen molar-refractivity contribution in [3.63, 3.8) is 0 Å². The predicted molar refractivity (Wildman–Crippen MR) is 242 cm³/mol. The van der Waals surface area contributed by atoms with E-state index in [0.29, 0.717) is 62.3 Å².